The molecule has 0 radical (unpaired) electrons. The lowest BCUT2D eigenvalue weighted by Crippen LogP contribution is -2.43. The first-order chi connectivity index (χ1) is 28.7. The van der Waals surface area contributed by atoms with Gasteiger partial charge in [-0.25, -0.2) is 19.6 Å². The van der Waals surface area contributed by atoms with Crippen LogP contribution in [0.25, 0.3) is 44.4 Å². The predicted molar refractivity (Wildman–Crippen MR) is 217 cm³/mol. The molecule has 2 aromatic heterocycles. The normalized spacial score (nSPS) is 16.9. The van der Waals surface area contributed by atoms with Crippen molar-refractivity contribution in [1.82, 2.24) is 40.4 Å². The zero-order chi connectivity index (χ0) is 41.0. The van der Waals surface area contributed by atoms with Gasteiger partial charge in [0.15, 0.2) is 5.78 Å². The van der Waals surface area contributed by atoms with Gasteiger partial charge in [-0.15, -0.1) is 0 Å². The van der Waals surface area contributed by atoms with Crippen molar-refractivity contribution in [3.63, 3.8) is 0 Å². The van der Waals surface area contributed by atoms with E-state index >= 15 is 0 Å². The number of ketones is 1. The van der Waals surface area contributed by atoms with E-state index in [1.165, 1.54) is 19.1 Å². The Kier molecular flexibility index (Phi) is 10.9. The van der Waals surface area contributed by atoms with Gasteiger partial charge in [0, 0.05) is 18.5 Å². The van der Waals surface area contributed by atoms with E-state index in [0.717, 1.165) is 57.3 Å². The number of carbonyl (C=O) groups is 5. The van der Waals surface area contributed by atoms with Gasteiger partial charge in [-0.05, 0) is 58.0 Å². The van der Waals surface area contributed by atoms with Crippen molar-refractivity contribution >= 4 is 40.6 Å². The van der Waals surface area contributed by atoms with Crippen LogP contribution in [-0.4, -0.2) is 93.4 Å². The van der Waals surface area contributed by atoms with Crippen LogP contribution in [0.4, 0.5) is 9.59 Å². The maximum absolute atomic E-state index is 13.9. The highest BCUT2D eigenvalue weighted by Gasteiger charge is 2.40. The summed E-state index contributed by atoms with van der Waals surface area (Å²) in [5, 5.41) is 7.21. The van der Waals surface area contributed by atoms with Gasteiger partial charge in [0.2, 0.25) is 5.91 Å². The monoisotopic (exact) mass is 794 g/mol. The maximum Gasteiger partial charge on any atom is 0.407 e. The number of H-pyrrole nitrogens is 2. The number of hydrogen-bond donors (Lipinski definition) is 4. The number of imidazole rings is 2. The SMILES string of the molecule is COC(=O)NCC(=O)N1CCC[C@H]1c1ncc(-c2ccc3cc(-c4ccc(-c5cnc([C@@H]6CC(=O)CN6C(=O)[C@H](NC(=O)OC)c6ccccc6)[nH]5)cc4)ccc3c2)[nH]1. The van der Waals surface area contributed by atoms with Crippen LogP contribution >= 0.6 is 0 Å². The van der Waals surface area contributed by atoms with Gasteiger partial charge in [-0.1, -0.05) is 78.9 Å². The first kappa shape index (κ1) is 38.6. The van der Waals surface area contributed by atoms with Crippen molar-refractivity contribution in [1.29, 1.82) is 0 Å². The molecule has 0 unspecified atom stereocenters. The Morgan fingerprint density at radius 1 is 0.746 bits per heavy atom. The molecule has 2 saturated heterocycles. The average Bonchev–Trinajstić information content (AvgIpc) is 4.11. The maximum atomic E-state index is 13.9. The molecule has 0 bridgehead atoms. The van der Waals surface area contributed by atoms with E-state index in [0.29, 0.717) is 23.8 Å². The Hall–Kier alpha value is -7.29. The van der Waals surface area contributed by atoms with Crippen LogP contribution in [0.3, 0.4) is 0 Å². The Balaban J connectivity index is 0.948. The molecule has 2 aliphatic heterocycles. The lowest BCUT2D eigenvalue weighted by molar-refractivity contribution is -0.135. The van der Waals surface area contributed by atoms with Gasteiger partial charge in [0.1, 0.15) is 24.2 Å². The summed E-state index contributed by atoms with van der Waals surface area (Å²) in [6.07, 6.45) is 3.81. The third kappa shape index (κ3) is 8.12. The highest BCUT2D eigenvalue weighted by atomic mass is 16.5. The molecular formula is C44H42N8O7. The second-order valence-corrected chi connectivity index (χ2v) is 14.5. The molecule has 2 aliphatic rings. The number of hydrogen-bond acceptors (Lipinski definition) is 9. The molecule has 15 heteroatoms. The minimum absolute atomic E-state index is 0.0971. The standard InChI is InChI=1S/C44H42N8O7/c1-58-43(56)47-24-38(54)51-18-6-9-36(51)40-45-23-35(49-40)32-17-16-30-19-29(14-15-31(30)20-32)26-10-12-27(13-11-26)34-22-46-41(48-34)37-21-33(53)25-52(37)42(55)39(50-44(57)59-2)28-7-4-3-5-8-28/h3-5,7-8,10-17,19-20,22-23,36-37,39H,6,9,18,21,24-25H2,1-2H3,(H,45,49)(H,46,48)(H,47,56)(H,50,57)/t36-,37-,39+/m0/s1. The summed E-state index contributed by atoms with van der Waals surface area (Å²) in [5.41, 5.74) is 6.08. The van der Waals surface area contributed by atoms with Crippen LogP contribution in [0, 0.1) is 0 Å². The predicted octanol–water partition coefficient (Wildman–Crippen LogP) is 6.25. The van der Waals surface area contributed by atoms with E-state index in [-0.39, 0.29) is 37.2 Å². The number of methoxy groups -OCH3 is 2. The zero-order valence-corrected chi connectivity index (χ0v) is 32.4. The summed E-state index contributed by atoms with van der Waals surface area (Å²) in [4.78, 5) is 82.3. The quantitative estimate of drug-likeness (QED) is 0.124. The highest BCUT2D eigenvalue weighted by molar-refractivity contribution is 5.94. The fraction of sp³-hybridized carbons (Fsp3) is 0.250. The number of alkyl carbamates (subject to hydrolysis) is 2. The summed E-state index contributed by atoms with van der Waals surface area (Å²) in [6, 6.07) is 27.6. The minimum Gasteiger partial charge on any atom is -0.453 e. The van der Waals surface area contributed by atoms with Crippen molar-refractivity contribution in [3.05, 3.63) is 121 Å². The van der Waals surface area contributed by atoms with Crippen LogP contribution < -0.4 is 10.6 Å². The minimum atomic E-state index is -1.04. The number of rotatable bonds is 10. The van der Waals surface area contributed by atoms with E-state index < -0.39 is 30.2 Å². The van der Waals surface area contributed by atoms with E-state index in [1.54, 1.807) is 41.6 Å². The average molecular weight is 795 g/mol. The molecule has 4 amide bonds. The molecule has 2 fully saturated rings. The molecule has 0 spiro atoms. The molecule has 0 aliphatic carbocycles. The van der Waals surface area contributed by atoms with Gasteiger partial charge in [0.25, 0.3) is 5.91 Å². The Morgan fingerprint density at radius 3 is 2.05 bits per heavy atom. The highest BCUT2D eigenvalue weighted by Crippen LogP contribution is 2.35. The Bertz CT molecular complexity index is 2530. The summed E-state index contributed by atoms with van der Waals surface area (Å²) in [5.74, 6) is 0.464. The van der Waals surface area contributed by atoms with Gasteiger partial charge < -0.3 is 39.9 Å². The van der Waals surface area contributed by atoms with E-state index in [9.17, 15) is 24.0 Å². The van der Waals surface area contributed by atoms with Crippen molar-refractivity contribution in [2.45, 2.75) is 37.4 Å². The summed E-state index contributed by atoms with van der Waals surface area (Å²) in [7, 11) is 2.49. The molecule has 4 N–H and O–H groups in total. The molecule has 8 rings (SSSR count). The van der Waals surface area contributed by atoms with Crippen molar-refractivity contribution in [2.75, 3.05) is 33.9 Å². The van der Waals surface area contributed by atoms with Crippen LogP contribution in [0.15, 0.2) is 103 Å². The van der Waals surface area contributed by atoms with Crippen LogP contribution in [-0.2, 0) is 23.9 Å². The number of ether oxygens (including phenoxy) is 2. The summed E-state index contributed by atoms with van der Waals surface area (Å²) >= 11 is 0. The first-order valence-electron chi connectivity index (χ1n) is 19.3. The van der Waals surface area contributed by atoms with Crippen molar-refractivity contribution < 1.29 is 33.4 Å². The molecule has 4 aromatic carbocycles. The van der Waals surface area contributed by atoms with Crippen LogP contribution in [0.2, 0.25) is 0 Å². The largest absolute Gasteiger partial charge is 0.453 e. The summed E-state index contributed by atoms with van der Waals surface area (Å²) in [6.45, 7) is 0.360. The summed E-state index contributed by atoms with van der Waals surface area (Å²) < 4.78 is 9.37. The van der Waals surface area contributed by atoms with Gasteiger partial charge in [-0.2, -0.15) is 0 Å². The Labute approximate surface area is 339 Å². The van der Waals surface area contributed by atoms with E-state index in [1.807, 2.05) is 36.4 Å². The number of aromatic nitrogens is 4. The number of nitrogens with one attached hydrogen (secondary N) is 4. The second-order valence-electron chi connectivity index (χ2n) is 14.5. The third-order valence-electron chi connectivity index (χ3n) is 10.9. The van der Waals surface area contributed by atoms with Gasteiger partial charge >= 0.3 is 12.2 Å². The number of fused-ring (bicyclic) bond motifs is 1. The van der Waals surface area contributed by atoms with Crippen molar-refractivity contribution in [3.8, 4) is 33.6 Å². The van der Waals surface area contributed by atoms with E-state index in [4.69, 9.17) is 4.74 Å². The van der Waals surface area contributed by atoms with Gasteiger partial charge in [0.05, 0.1) is 56.6 Å². The molecular weight excluding hydrogens is 753 g/mol. The second kappa shape index (κ2) is 16.7. The number of likely N-dealkylation sites (tertiary alicyclic amines) is 2. The topological polar surface area (TPSA) is 192 Å². The molecule has 59 heavy (non-hydrogen) atoms. The van der Waals surface area contributed by atoms with Crippen molar-refractivity contribution in [2.24, 2.45) is 0 Å². The first-order valence-corrected chi connectivity index (χ1v) is 19.3. The van der Waals surface area contributed by atoms with E-state index in [2.05, 4.69) is 65.6 Å². The molecule has 300 valence electrons. The molecule has 6 aromatic rings. The van der Waals surface area contributed by atoms with Gasteiger partial charge in [-0.3, -0.25) is 14.4 Å². The fourth-order valence-electron chi connectivity index (χ4n) is 7.85. The number of amides is 4. The number of nitrogens with zero attached hydrogens (tertiary/aromatic N) is 4. The smallest absolute Gasteiger partial charge is 0.407 e. The molecule has 15 nitrogen and oxygen atoms in total. The lowest BCUT2D eigenvalue weighted by atomic mass is 9.98. The Morgan fingerprint density at radius 2 is 1.36 bits per heavy atom. The third-order valence-corrected chi connectivity index (χ3v) is 10.9. The molecule has 3 atom stereocenters. The zero-order valence-electron chi connectivity index (χ0n) is 32.4. The number of benzene rings is 4. The van der Waals surface area contributed by atoms with Crippen LogP contribution in [0.5, 0.6) is 0 Å². The molecule has 0 saturated carbocycles. The molecule has 4 heterocycles. The number of aromatic amines is 2. The number of Topliss-reactive ketones (excluding diaryl/α,β-unsaturated/α-hetero) is 1. The van der Waals surface area contributed by atoms with Crippen LogP contribution in [0.1, 0.15) is 54.6 Å². The number of carbonyl (C=O) groups excluding carboxylic acids is 5. The fourth-order valence-corrected chi connectivity index (χ4v) is 7.85. The lowest BCUT2D eigenvalue weighted by Gasteiger charge is -2.27.